The molecule has 0 N–H and O–H groups in total. The molecule has 0 aromatic carbocycles. The summed E-state index contributed by atoms with van der Waals surface area (Å²) < 4.78 is 0. The van der Waals surface area contributed by atoms with Crippen LogP contribution in [-0.4, -0.2) is 9.97 Å². The minimum Gasteiger partial charge on any atom is -0.248 e. The van der Waals surface area contributed by atoms with Crippen LogP contribution in [0.1, 0.15) is 54.2 Å². The summed E-state index contributed by atoms with van der Waals surface area (Å²) in [6, 6.07) is 0. The summed E-state index contributed by atoms with van der Waals surface area (Å²) in [6.07, 6.45) is 1.94. The summed E-state index contributed by atoms with van der Waals surface area (Å²) in [5.74, 6) is 0.502. The quantitative estimate of drug-likeness (QED) is 0.825. The van der Waals surface area contributed by atoms with Crippen LogP contribution in [0.4, 0.5) is 0 Å². The van der Waals surface area contributed by atoms with Crippen molar-refractivity contribution in [2.45, 2.75) is 46.0 Å². The first-order valence-corrected chi connectivity index (χ1v) is 7.49. The Kier molecular flexibility index (Phi) is 3.36. The fourth-order valence-electron chi connectivity index (χ4n) is 1.59. The SMILES string of the molecule is Cc1cnc(C(C)(C)c2csc(C(C)C)n2)s1. The average Bonchev–Trinajstić information content (AvgIpc) is 2.85. The van der Waals surface area contributed by atoms with Gasteiger partial charge in [-0.2, -0.15) is 0 Å². The summed E-state index contributed by atoms with van der Waals surface area (Å²) in [7, 11) is 0. The van der Waals surface area contributed by atoms with Gasteiger partial charge in [0.25, 0.3) is 0 Å². The van der Waals surface area contributed by atoms with Crippen molar-refractivity contribution >= 4 is 22.7 Å². The van der Waals surface area contributed by atoms with Gasteiger partial charge in [0.1, 0.15) is 5.01 Å². The molecule has 2 aromatic rings. The lowest BCUT2D eigenvalue weighted by Gasteiger charge is -2.19. The van der Waals surface area contributed by atoms with Crippen LogP contribution >= 0.6 is 22.7 Å². The Hall–Kier alpha value is -0.740. The summed E-state index contributed by atoms with van der Waals surface area (Å²) in [5.41, 5.74) is 1.06. The number of hydrogen-bond donors (Lipinski definition) is 0. The van der Waals surface area contributed by atoms with Crippen molar-refractivity contribution in [1.82, 2.24) is 9.97 Å². The van der Waals surface area contributed by atoms with Gasteiger partial charge in [-0.1, -0.05) is 13.8 Å². The molecular formula is C13H18N2S2. The molecule has 0 saturated heterocycles. The topological polar surface area (TPSA) is 25.8 Å². The molecular weight excluding hydrogens is 248 g/mol. The zero-order valence-electron chi connectivity index (χ0n) is 10.9. The van der Waals surface area contributed by atoms with E-state index in [0.29, 0.717) is 5.92 Å². The molecule has 0 amide bonds. The second-order valence-electron chi connectivity index (χ2n) is 5.13. The average molecular weight is 266 g/mol. The molecule has 0 fully saturated rings. The summed E-state index contributed by atoms with van der Waals surface area (Å²) in [5, 5.41) is 4.53. The largest absolute Gasteiger partial charge is 0.248 e. The molecule has 0 saturated carbocycles. The smallest absolute Gasteiger partial charge is 0.104 e. The van der Waals surface area contributed by atoms with Crippen LogP contribution < -0.4 is 0 Å². The number of aromatic nitrogens is 2. The fourth-order valence-corrected chi connectivity index (χ4v) is 3.47. The highest BCUT2D eigenvalue weighted by atomic mass is 32.1. The molecule has 4 heteroatoms. The number of rotatable bonds is 3. The van der Waals surface area contributed by atoms with Crippen LogP contribution in [-0.2, 0) is 5.41 Å². The second-order valence-corrected chi connectivity index (χ2v) is 7.25. The Morgan fingerprint density at radius 3 is 2.47 bits per heavy atom. The predicted octanol–water partition coefficient (Wildman–Crippen LogP) is 4.36. The van der Waals surface area contributed by atoms with Gasteiger partial charge in [0.15, 0.2) is 0 Å². The third-order valence-corrected chi connectivity index (χ3v) is 5.19. The third kappa shape index (κ3) is 2.43. The van der Waals surface area contributed by atoms with E-state index < -0.39 is 0 Å². The Morgan fingerprint density at radius 2 is 2.00 bits per heavy atom. The van der Waals surface area contributed by atoms with Gasteiger partial charge in [-0.05, 0) is 20.8 Å². The first-order chi connectivity index (χ1) is 7.91. The van der Waals surface area contributed by atoms with E-state index in [4.69, 9.17) is 4.98 Å². The lowest BCUT2D eigenvalue weighted by molar-refractivity contribution is 0.611. The highest BCUT2D eigenvalue weighted by molar-refractivity contribution is 7.11. The molecule has 17 heavy (non-hydrogen) atoms. The highest BCUT2D eigenvalue weighted by Crippen LogP contribution is 2.35. The molecule has 2 heterocycles. The number of nitrogens with zero attached hydrogens (tertiary/aromatic N) is 2. The summed E-state index contributed by atoms with van der Waals surface area (Å²) in [4.78, 5) is 10.5. The van der Waals surface area contributed by atoms with E-state index in [1.54, 1.807) is 22.7 Å². The van der Waals surface area contributed by atoms with Crippen molar-refractivity contribution in [2.24, 2.45) is 0 Å². The van der Waals surface area contributed by atoms with E-state index in [1.165, 1.54) is 9.88 Å². The van der Waals surface area contributed by atoms with Gasteiger partial charge in [-0.25, -0.2) is 9.97 Å². The van der Waals surface area contributed by atoms with Gasteiger partial charge in [-0.15, -0.1) is 22.7 Å². The van der Waals surface area contributed by atoms with Gasteiger partial charge in [0.05, 0.1) is 16.1 Å². The van der Waals surface area contributed by atoms with Crippen LogP contribution in [0.3, 0.4) is 0 Å². The van der Waals surface area contributed by atoms with E-state index in [-0.39, 0.29) is 5.41 Å². The van der Waals surface area contributed by atoms with Crippen LogP contribution in [0.25, 0.3) is 0 Å². The number of aryl methyl sites for hydroxylation is 1. The molecule has 0 aliphatic rings. The van der Waals surface area contributed by atoms with Crippen molar-refractivity contribution in [3.05, 3.63) is 32.2 Å². The lowest BCUT2D eigenvalue weighted by Crippen LogP contribution is -2.19. The molecule has 2 rings (SSSR count). The van der Waals surface area contributed by atoms with Gasteiger partial charge < -0.3 is 0 Å². The molecule has 0 spiro atoms. The molecule has 2 nitrogen and oxygen atoms in total. The maximum atomic E-state index is 4.75. The fraction of sp³-hybridized carbons (Fsp3) is 0.538. The monoisotopic (exact) mass is 266 g/mol. The summed E-state index contributed by atoms with van der Waals surface area (Å²) in [6.45, 7) is 10.9. The Labute approximate surface area is 111 Å². The predicted molar refractivity (Wildman–Crippen MR) is 75.2 cm³/mol. The van der Waals surface area contributed by atoms with Crippen molar-refractivity contribution in [3.8, 4) is 0 Å². The van der Waals surface area contributed by atoms with Crippen LogP contribution in [0.5, 0.6) is 0 Å². The van der Waals surface area contributed by atoms with E-state index in [2.05, 4.69) is 45.0 Å². The van der Waals surface area contributed by atoms with Gasteiger partial charge in [0, 0.05) is 22.4 Å². The van der Waals surface area contributed by atoms with Crippen molar-refractivity contribution in [1.29, 1.82) is 0 Å². The molecule has 0 radical (unpaired) electrons. The normalized spacial score (nSPS) is 12.4. The lowest BCUT2D eigenvalue weighted by atomic mass is 9.91. The number of thiazole rings is 2. The second kappa shape index (κ2) is 4.50. The maximum absolute atomic E-state index is 4.75. The number of hydrogen-bond acceptors (Lipinski definition) is 4. The molecule has 2 aromatic heterocycles. The minimum absolute atomic E-state index is 0.0808. The zero-order chi connectivity index (χ0) is 12.6. The van der Waals surface area contributed by atoms with Gasteiger partial charge in [-0.3, -0.25) is 0 Å². The van der Waals surface area contributed by atoms with Crippen molar-refractivity contribution in [3.63, 3.8) is 0 Å². The third-order valence-electron chi connectivity index (χ3n) is 2.81. The molecule has 0 unspecified atom stereocenters. The molecule has 0 atom stereocenters. The van der Waals surface area contributed by atoms with Crippen molar-refractivity contribution < 1.29 is 0 Å². The molecule has 92 valence electrons. The van der Waals surface area contributed by atoms with Crippen LogP contribution in [0, 0.1) is 6.92 Å². The van der Waals surface area contributed by atoms with E-state index in [0.717, 1.165) is 10.7 Å². The zero-order valence-corrected chi connectivity index (χ0v) is 12.6. The van der Waals surface area contributed by atoms with Gasteiger partial charge in [0.2, 0.25) is 0 Å². The van der Waals surface area contributed by atoms with Crippen molar-refractivity contribution in [2.75, 3.05) is 0 Å². The Morgan fingerprint density at radius 1 is 1.29 bits per heavy atom. The van der Waals surface area contributed by atoms with E-state index in [1.807, 2.05) is 6.20 Å². The van der Waals surface area contributed by atoms with Crippen LogP contribution in [0.2, 0.25) is 0 Å². The van der Waals surface area contributed by atoms with Gasteiger partial charge >= 0.3 is 0 Å². The molecule has 0 bridgehead atoms. The minimum atomic E-state index is -0.0808. The summed E-state index contributed by atoms with van der Waals surface area (Å²) >= 11 is 3.51. The molecule has 0 aliphatic heterocycles. The standard InChI is InChI=1S/C13H18N2S2/c1-8(2)11-15-10(7-16-11)13(4,5)12-14-6-9(3)17-12/h6-8H,1-5H3. The van der Waals surface area contributed by atoms with Crippen LogP contribution in [0.15, 0.2) is 11.6 Å². The Bertz CT molecular complexity index is 509. The Balaban J connectivity index is 2.37. The first-order valence-electron chi connectivity index (χ1n) is 5.80. The maximum Gasteiger partial charge on any atom is 0.104 e. The first kappa shape index (κ1) is 12.7. The van der Waals surface area contributed by atoms with E-state index >= 15 is 0 Å². The highest BCUT2D eigenvalue weighted by Gasteiger charge is 2.29. The molecule has 0 aliphatic carbocycles. The van der Waals surface area contributed by atoms with E-state index in [9.17, 15) is 0 Å².